The van der Waals surface area contributed by atoms with E-state index in [1.807, 2.05) is 12.1 Å². The van der Waals surface area contributed by atoms with Crippen LogP contribution in [-0.4, -0.2) is 6.79 Å². The van der Waals surface area contributed by atoms with E-state index in [0.717, 1.165) is 11.3 Å². The highest BCUT2D eigenvalue weighted by atomic mass is 79.9. The summed E-state index contributed by atoms with van der Waals surface area (Å²) in [7, 11) is 0. The third-order valence-electron chi connectivity index (χ3n) is 2.90. The van der Waals surface area contributed by atoms with Gasteiger partial charge in [-0.1, -0.05) is 11.6 Å². The zero-order valence-electron chi connectivity index (χ0n) is 10.3. The number of ether oxygens (including phenoxy) is 2. The lowest BCUT2D eigenvalue weighted by Gasteiger charge is -2.09. The van der Waals surface area contributed by atoms with Crippen molar-refractivity contribution >= 4 is 33.2 Å². The van der Waals surface area contributed by atoms with Crippen molar-refractivity contribution in [2.45, 2.75) is 6.54 Å². The Labute approximate surface area is 128 Å². The Hall–Kier alpha value is -1.46. The number of hydrogen-bond acceptors (Lipinski definition) is 3. The SMILES string of the molecule is Fc1ccc(NCc2cc(Cl)c3c(c2)OCO3)cc1Br. The van der Waals surface area contributed by atoms with E-state index < -0.39 is 0 Å². The highest BCUT2D eigenvalue weighted by Gasteiger charge is 2.18. The van der Waals surface area contributed by atoms with Gasteiger partial charge >= 0.3 is 0 Å². The van der Waals surface area contributed by atoms with Crippen molar-refractivity contribution < 1.29 is 13.9 Å². The van der Waals surface area contributed by atoms with Crippen LogP contribution in [0.25, 0.3) is 0 Å². The molecule has 0 radical (unpaired) electrons. The van der Waals surface area contributed by atoms with Crippen LogP contribution in [0.1, 0.15) is 5.56 Å². The molecular weight excluding hydrogens is 349 g/mol. The maximum atomic E-state index is 13.1. The van der Waals surface area contributed by atoms with E-state index in [9.17, 15) is 4.39 Å². The van der Waals surface area contributed by atoms with Crippen molar-refractivity contribution in [1.82, 2.24) is 0 Å². The Bertz CT molecular complexity index is 666. The molecule has 0 atom stereocenters. The van der Waals surface area contributed by atoms with Crippen molar-refractivity contribution in [3.05, 3.63) is 51.2 Å². The molecule has 0 aliphatic carbocycles. The molecule has 3 nitrogen and oxygen atoms in total. The second-order valence-corrected chi connectivity index (χ2v) is 5.56. The lowest BCUT2D eigenvalue weighted by atomic mass is 10.2. The Morgan fingerprint density at radius 3 is 2.90 bits per heavy atom. The van der Waals surface area contributed by atoms with Crippen LogP contribution in [0.2, 0.25) is 5.02 Å². The molecule has 0 saturated heterocycles. The molecule has 20 heavy (non-hydrogen) atoms. The average Bonchev–Trinajstić information content (AvgIpc) is 2.89. The van der Waals surface area contributed by atoms with Crippen molar-refractivity contribution in [3.8, 4) is 11.5 Å². The van der Waals surface area contributed by atoms with E-state index in [-0.39, 0.29) is 12.6 Å². The number of hydrogen-bond donors (Lipinski definition) is 1. The second kappa shape index (κ2) is 5.50. The number of rotatable bonds is 3. The number of fused-ring (bicyclic) bond motifs is 1. The molecule has 0 amide bonds. The quantitative estimate of drug-likeness (QED) is 0.871. The van der Waals surface area contributed by atoms with Crippen LogP contribution in [0.15, 0.2) is 34.8 Å². The summed E-state index contributed by atoms with van der Waals surface area (Å²) in [5.74, 6) is 0.941. The molecular formula is C14H10BrClFNO2. The highest BCUT2D eigenvalue weighted by molar-refractivity contribution is 9.10. The molecule has 2 aromatic carbocycles. The van der Waals surface area contributed by atoms with Crippen LogP contribution in [-0.2, 0) is 6.54 Å². The highest BCUT2D eigenvalue weighted by Crippen LogP contribution is 2.39. The molecule has 0 unspecified atom stereocenters. The van der Waals surface area contributed by atoms with Gasteiger partial charge in [0.05, 0.1) is 9.50 Å². The Morgan fingerprint density at radius 2 is 2.10 bits per heavy atom. The normalized spacial score (nSPS) is 12.6. The zero-order valence-corrected chi connectivity index (χ0v) is 12.6. The van der Waals surface area contributed by atoms with Gasteiger partial charge in [-0.2, -0.15) is 0 Å². The van der Waals surface area contributed by atoms with E-state index in [4.69, 9.17) is 21.1 Å². The maximum Gasteiger partial charge on any atom is 0.231 e. The van der Waals surface area contributed by atoms with E-state index in [1.54, 1.807) is 12.1 Å². The van der Waals surface area contributed by atoms with Gasteiger partial charge in [0, 0.05) is 12.2 Å². The first-order valence-corrected chi connectivity index (χ1v) is 7.07. The van der Waals surface area contributed by atoms with Gasteiger partial charge in [-0.25, -0.2) is 4.39 Å². The third-order valence-corrected chi connectivity index (χ3v) is 3.79. The average molecular weight is 359 g/mol. The summed E-state index contributed by atoms with van der Waals surface area (Å²) in [6.07, 6.45) is 0. The number of halogens is 3. The molecule has 1 aliphatic rings. The second-order valence-electron chi connectivity index (χ2n) is 4.29. The molecule has 0 saturated carbocycles. The Morgan fingerprint density at radius 1 is 1.25 bits per heavy atom. The fourth-order valence-electron chi connectivity index (χ4n) is 1.93. The molecule has 6 heteroatoms. The van der Waals surface area contributed by atoms with Crippen molar-refractivity contribution in [2.75, 3.05) is 12.1 Å². The van der Waals surface area contributed by atoms with Crippen molar-refractivity contribution in [3.63, 3.8) is 0 Å². The molecule has 0 fully saturated rings. The fourth-order valence-corrected chi connectivity index (χ4v) is 2.60. The van der Waals surface area contributed by atoms with Crippen LogP contribution >= 0.6 is 27.5 Å². The summed E-state index contributed by atoms with van der Waals surface area (Å²) in [6.45, 7) is 0.741. The predicted molar refractivity (Wildman–Crippen MR) is 79.0 cm³/mol. The lowest BCUT2D eigenvalue weighted by molar-refractivity contribution is 0.174. The van der Waals surface area contributed by atoms with Gasteiger partial charge in [-0.05, 0) is 51.8 Å². The molecule has 1 N–H and O–H groups in total. The van der Waals surface area contributed by atoms with E-state index in [2.05, 4.69) is 21.2 Å². The minimum Gasteiger partial charge on any atom is -0.454 e. The standard InChI is InChI=1S/C14H10BrClFNO2/c15-10-5-9(1-2-12(10)17)18-6-8-3-11(16)14-13(4-8)19-7-20-14/h1-5,18H,6-7H2. The van der Waals surface area contributed by atoms with Crippen LogP contribution in [0, 0.1) is 5.82 Å². The monoisotopic (exact) mass is 357 g/mol. The van der Waals surface area contributed by atoms with Crippen LogP contribution < -0.4 is 14.8 Å². The summed E-state index contributed by atoms with van der Waals surface area (Å²) in [4.78, 5) is 0. The molecule has 1 aliphatic heterocycles. The van der Waals surface area contributed by atoms with Gasteiger partial charge in [-0.15, -0.1) is 0 Å². The largest absolute Gasteiger partial charge is 0.454 e. The topological polar surface area (TPSA) is 30.5 Å². The minimum atomic E-state index is -0.290. The van der Waals surface area contributed by atoms with Crippen molar-refractivity contribution in [2.24, 2.45) is 0 Å². The summed E-state index contributed by atoms with van der Waals surface area (Å²) < 4.78 is 24.1. The van der Waals surface area contributed by atoms with Crippen LogP contribution in [0.4, 0.5) is 10.1 Å². The summed E-state index contributed by atoms with van der Waals surface area (Å²) in [5, 5.41) is 3.72. The van der Waals surface area contributed by atoms with Gasteiger partial charge in [0.25, 0.3) is 0 Å². The van der Waals surface area contributed by atoms with Crippen molar-refractivity contribution in [1.29, 1.82) is 0 Å². The first kappa shape index (κ1) is 13.5. The van der Waals surface area contributed by atoms with Gasteiger partial charge in [0.15, 0.2) is 11.5 Å². The molecule has 104 valence electrons. The van der Waals surface area contributed by atoms with E-state index in [0.29, 0.717) is 27.5 Å². The molecule has 1 heterocycles. The maximum absolute atomic E-state index is 13.1. The minimum absolute atomic E-state index is 0.191. The van der Waals surface area contributed by atoms with Gasteiger partial charge in [0.1, 0.15) is 5.82 Å². The van der Waals surface area contributed by atoms with E-state index in [1.165, 1.54) is 6.07 Å². The molecule has 0 bridgehead atoms. The zero-order chi connectivity index (χ0) is 14.1. The smallest absolute Gasteiger partial charge is 0.231 e. The Kier molecular flexibility index (Phi) is 3.72. The summed E-state index contributed by atoms with van der Waals surface area (Å²) in [5.41, 5.74) is 1.77. The lowest BCUT2D eigenvalue weighted by Crippen LogP contribution is -1.99. The van der Waals surface area contributed by atoms with Crippen LogP contribution in [0.5, 0.6) is 11.5 Å². The Balaban J connectivity index is 1.75. The molecule has 0 aromatic heterocycles. The molecule has 0 spiro atoms. The van der Waals surface area contributed by atoms with Crippen LogP contribution in [0.3, 0.4) is 0 Å². The fraction of sp³-hybridized carbons (Fsp3) is 0.143. The first-order valence-electron chi connectivity index (χ1n) is 5.90. The van der Waals surface area contributed by atoms with Gasteiger partial charge in [0.2, 0.25) is 6.79 Å². The predicted octanol–water partition coefficient (Wildman–Crippen LogP) is 4.58. The van der Waals surface area contributed by atoms with E-state index >= 15 is 0 Å². The van der Waals surface area contributed by atoms with Gasteiger partial charge in [-0.3, -0.25) is 0 Å². The first-order chi connectivity index (χ1) is 9.63. The summed E-state index contributed by atoms with van der Waals surface area (Å²) >= 11 is 9.26. The number of benzene rings is 2. The number of anilines is 1. The summed E-state index contributed by atoms with van der Waals surface area (Å²) in [6, 6.07) is 8.46. The number of nitrogens with one attached hydrogen (secondary N) is 1. The third kappa shape index (κ3) is 2.69. The molecule has 3 rings (SSSR count). The molecule has 2 aromatic rings. The van der Waals surface area contributed by atoms with Gasteiger partial charge < -0.3 is 14.8 Å².